The van der Waals surface area contributed by atoms with E-state index in [1.165, 1.54) is 51.5 Å². The van der Waals surface area contributed by atoms with E-state index >= 15 is 0 Å². The summed E-state index contributed by atoms with van der Waals surface area (Å²) in [6.45, 7) is 0. The average Bonchev–Trinajstić information content (AvgIpc) is 3.77. The van der Waals surface area contributed by atoms with Gasteiger partial charge in [-0.1, -0.05) is 152 Å². The Morgan fingerprint density at radius 2 is 0.800 bits per heavy atom. The monoisotopic (exact) mass is 672 g/mol. The van der Waals surface area contributed by atoms with Gasteiger partial charge in [0.2, 0.25) is 0 Å². The quantitative estimate of drug-likeness (QED) is 0.182. The van der Waals surface area contributed by atoms with Gasteiger partial charge in [0.05, 0.1) is 11.4 Å². The summed E-state index contributed by atoms with van der Waals surface area (Å²) in [6.07, 6.45) is 0. The van der Waals surface area contributed by atoms with E-state index in [0.29, 0.717) is 5.82 Å². The van der Waals surface area contributed by atoms with Crippen molar-refractivity contribution in [1.82, 2.24) is 9.97 Å². The zero-order chi connectivity index (χ0) is 33.0. The molecular weight excluding hydrogens is 645 g/mol. The minimum atomic E-state index is 0.717. The number of hydrogen-bond acceptors (Lipinski definition) is 4. The molecule has 0 saturated heterocycles. The summed E-state index contributed by atoms with van der Waals surface area (Å²) in [4.78, 5) is 10.6. The van der Waals surface area contributed by atoms with Gasteiger partial charge in [-0.3, -0.25) is 0 Å². The molecule has 4 heteroatoms. The smallest absolute Gasteiger partial charge is 0.161 e. The fourth-order valence-corrected chi connectivity index (χ4v) is 9.61. The first kappa shape index (κ1) is 29.0. The van der Waals surface area contributed by atoms with Crippen LogP contribution in [0.4, 0.5) is 0 Å². The molecule has 2 nitrogen and oxygen atoms in total. The molecule has 0 fully saturated rings. The Bertz CT molecular complexity index is 2860. The van der Waals surface area contributed by atoms with Crippen LogP contribution in [0.3, 0.4) is 0 Å². The molecule has 234 valence electrons. The highest BCUT2D eigenvalue weighted by atomic mass is 32.1. The molecule has 0 saturated carbocycles. The number of rotatable bonds is 5. The maximum absolute atomic E-state index is 5.32. The molecule has 10 rings (SSSR count). The van der Waals surface area contributed by atoms with E-state index in [0.717, 1.165) is 39.2 Å². The summed E-state index contributed by atoms with van der Waals surface area (Å²) in [5.41, 5.74) is 9.73. The number of fused-ring (bicyclic) bond motifs is 6. The molecule has 7 aromatic carbocycles. The van der Waals surface area contributed by atoms with Crippen LogP contribution in [0.25, 0.3) is 96.5 Å². The van der Waals surface area contributed by atoms with Crippen LogP contribution < -0.4 is 0 Å². The second kappa shape index (κ2) is 11.9. The van der Waals surface area contributed by atoms with Gasteiger partial charge >= 0.3 is 0 Å². The fraction of sp³-hybridized carbons (Fsp3) is 0. The Morgan fingerprint density at radius 3 is 1.50 bits per heavy atom. The van der Waals surface area contributed by atoms with Gasteiger partial charge in [0.25, 0.3) is 0 Å². The van der Waals surface area contributed by atoms with E-state index in [4.69, 9.17) is 9.97 Å². The minimum Gasteiger partial charge on any atom is -0.228 e. The lowest BCUT2D eigenvalue weighted by atomic mass is 9.98. The van der Waals surface area contributed by atoms with Gasteiger partial charge in [0.15, 0.2) is 5.82 Å². The van der Waals surface area contributed by atoms with Crippen LogP contribution in [0.2, 0.25) is 0 Å². The van der Waals surface area contributed by atoms with Gasteiger partial charge in [-0.25, -0.2) is 9.97 Å². The van der Waals surface area contributed by atoms with Crippen molar-refractivity contribution in [2.75, 3.05) is 0 Å². The van der Waals surface area contributed by atoms with Gasteiger partial charge < -0.3 is 0 Å². The first-order valence-corrected chi connectivity index (χ1v) is 18.4. The van der Waals surface area contributed by atoms with Crippen molar-refractivity contribution < 1.29 is 0 Å². The third kappa shape index (κ3) is 4.84. The first-order valence-electron chi connectivity index (χ1n) is 16.7. The van der Waals surface area contributed by atoms with Crippen LogP contribution >= 0.6 is 22.7 Å². The zero-order valence-electron chi connectivity index (χ0n) is 26.9. The molecule has 0 aliphatic heterocycles. The number of benzene rings is 7. The van der Waals surface area contributed by atoms with E-state index in [2.05, 4.69) is 170 Å². The molecule has 0 amide bonds. The number of aromatic nitrogens is 2. The SMILES string of the molecule is c1ccc(-c2ccccc2-c2nc(-c3ccc(-c4cccc5c4sc4ccccc45)cc3)cc(-c3cccc4c3sc3ccccc34)n2)cc1. The number of nitrogens with zero attached hydrogens (tertiary/aromatic N) is 2. The third-order valence-corrected chi connectivity index (χ3v) is 12.0. The highest BCUT2D eigenvalue weighted by molar-refractivity contribution is 7.26. The largest absolute Gasteiger partial charge is 0.228 e. The van der Waals surface area contributed by atoms with Crippen LogP contribution in [0.5, 0.6) is 0 Å². The Hall–Kier alpha value is -5.94. The molecule has 0 aliphatic rings. The van der Waals surface area contributed by atoms with E-state index in [-0.39, 0.29) is 0 Å². The van der Waals surface area contributed by atoms with Crippen molar-refractivity contribution in [2.24, 2.45) is 0 Å². The molecule has 0 N–H and O–H groups in total. The summed E-state index contributed by atoms with van der Waals surface area (Å²) >= 11 is 3.69. The zero-order valence-corrected chi connectivity index (χ0v) is 28.5. The standard InChI is InChI=1S/C46H28N2S2/c1-2-12-29(13-3-1)32-14-4-5-17-38(32)46-47-40(28-41(48-46)39-21-11-20-37-35-16-7-9-23-43(35)50-45(37)39)31-26-24-30(25-27-31)33-18-10-19-36-34-15-6-8-22-42(34)49-44(33)36/h1-28H. The third-order valence-electron chi connectivity index (χ3n) is 9.56. The van der Waals surface area contributed by atoms with Crippen molar-refractivity contribution in [3.05, 3.63) is 170 Å². The minimum absolute atomic E-state index is 0.717. The Morgan fingerprint density at radius 1 is 0.320 bits per heavy atom. The first-order chi connectivity index (χ1) is 24.8. The van der Waals surface area contributed by atoms with Crippen LogP contribution in [0, 0.1) is 0 Å². The van der Waals surface area contributed by atoms with Crippen molar-refractivity contribution in [3.8, 4) is 56.2 Å². The molecule has 0 bridgehead atoms. The molecule has 10 aromatic rings. The number of hydrogen-bond donors (Lipinski definition) is 0. The van der Waals surface area contributed by atoms with E-state index < -0.39 is 0 Å². The lowest BCUT2D eigenvalue weighted by Crippen LogP contribution is -1.97. The fourth-order valence-electron chi connectivity index (χ4n) is 7.15. The summed E-state index contributed by atoms with van der Waals surface area (Å²) in [7, 11) is 0. The summed E-state index contributed by atoms with van der Waals surface area (Å²) in [6, 6.07) is 60.6. The van der Waals surface area contributed by atoms with Gasteiger partial charge in [0, 0.05) is 57.0 Å². The predicted octanol–water partition coefficient (Wildman–Crippen LogP) is 13.5. The Labute approximate surface area is 297 Å². The van der Waals surface area contributed by atoms with E-state index in [1.807, 2.05) is 22.7 Å². The summed E-state index contributed by atoms with van der Waals surface area (Å²) in [5.74, 6) is 0.717. The van der Waals surface area contributed by atoms with Gasteiger partial charge in [0.1, 0.15) is 0 Å². The molecular formula is C46H28N2S2. The summed E-state index contributed by atoms with van der Waals surface area (Å²) in [5, 5.41) is 5.16. The van der Waals surface area contributed by atoms with Crippen molar-refractivity contribution in [2.45, 2.75) is 0 Å². The average molecular weight is 673 g/mol. The van der Waals surface area contributed by atoms with Gasteiger partial charge in [-0.2, -0.15) is 0 Å². The highest BCUT2D eigenvalue weighted by Gasteiger charge is 2.18. The topological polar surface area (TPSA) is 25.8 Å². The van der Waals surface area contributed by atoms with Crippen molar-refractivity contribution >= 4 is 63.0 Å². The van der Waals surface area contributed by atoms with Gasteiger partial charge in [-0.05, 0) is 40.5 Å². The maximum atomic E-state index is 5.32. The summed E-state index contributed by atoms with van der Waals surface area (Å²) < 4.78 is 5.16. The van der Waals surface area contributed by atoms with E-state index in [1.54, 1.807) is 0 Å². The second-order valence-corrected chi connectivity index (χ2v) is 14.6. The highest BCUT2D eigenvalue weighted by Crippen LogP contribution is 2.42. The molecule has 50 heavy (non-hydrogen) atoms. The van der Waals surface area contributed by atoms with Crippen molar-refractivity contribution in [1.29, 1.82) is 0 Å². The van der Waals surface area contributed by atoms with Gasteiger partial charge in [-0.15, -0.1) is 22.7 Å². The Balaban J connectivity index is 1.15. The second-order valence-electron chi connectivity index (χ2n) is 12.5. The van der Waals surface area contributed by atoms with Crippen molar-refractivity contribution in [3.63, 3.8) is 0 Å². The van der Waals surface area contributed by atoms with Crippen LogP contribution in [-0.2, 0) is 0 Å². The number of thiophene rings is 2. The molecule has 0 unspecified atom stereocenters. The Kier molecular flexibility index (Phi) is 6.90. The lowest BCUT2D eigenvalue weighted by molar-refractivity contribution is 1.19. The molecule has 0 radical (unpaired) electrons. The molecule has 0 atom stereocenters. The molecule has 3 heterocycles. The molecule has 0 aliphatic carbocycles. The predicted molar refractivity (Wildman–Crippen MR) is 215 cm³/mol. The lowest BCUT2D eigenvalue weighted by Gasteiger charge is -2.13. The maximum Gasteiger partial charge on any atom is 0.161 e. The van der Waals surface area contributed by atoms with E-state index in [9.17, 15) is 0 Å². The molecule has 3 aromatic heterocycles. The van der Waals surface area contributed by atoms with Crippen LogP contribution in [-0.4, -0.2) is 9.97 Å². The van der Waals surface area contributed by atoms with Crippen LogP contribution in [0.15, 0.2) is 170 Å². The normalized spacial score (nSPS) is 11.6. The molecule has 0 spiro atoms. The van der Waals surface area contributed by atoms with Crippen LogP contribution in [0.1, 0.15) is 0 Å².